The van der Waals surface area contributed by atoms with Gasteiger partial charge in [0.1, 0.15) is 9.86 Å². The molecule has 1 aliphatic carbocycles. The fourth-order valence-electron chi connectivity index (χ4n) is 2.85. The molecule has 126 valence electrons. The Balaban J connectivity index is 1.64. The minimum absolute atomic E-state index is 0.103. The Hall–Kier alpha value is -1.33. The van der Waals surface area contributed by atoms with Crippen molar-refractivity contribution in [2.45, 2.75) is 44.1 Å². The van der Waals surface area contributed by atoms with Crippen molar-refractivity contribution in [2.24, 2.45) is 0 Å². The Morgan fingerprint density at radius 1 is 1.26 bits per heavy atom. The summed E-state index contributed by atoms with van der Waals surface area (Å²) in [7, 11) is 0. The Labute approximate surface area is 145 Å². The van der Waals surface area contributed by atoms with Crippen LogP contribution in [0.2, 0.25) is 0 Å². The minimum atomic E-state index is -0.782. The third-order valence-corrected chi connectivity index (χ3v) is 5.59. The number of thioether (sulfide) groups is 1. The fourth-order valence-corrected chi connectivity index (χ4v) is 3.89. The highest BCUT2D eigenvalue weighted by atomic mass is 32.2. The number of nitrogens with zero attached hydrogens (tertiary/aromatic N) is 2. The second-order valence-corrected chi connectivity index (χ2v) is 7.47. The number of hydrogen-bond donors (Lipinski definition) is 1. The molecule has 1 heterocycles. The summed E-state index contributed by atoms with van der Waals surface area (Å²) in [5, 5.41) is 11.9. The molecule has 2 aliphatic rings. The molecule has 0 aromatic rings. The normalized spacial score (nSPS) is 19.2. The van der Waals surface area contributed by atoms with Crippen molar-refractivity contribution >= 4 is 40.2 Å². The maximum atomic E-state index is 11.8. The van der Waals surface area contributed by atoms with Crippen LogP contribution in [0.25, 0.3) is 0 Å². The molecule has 0 radical (unpaired) electrons. The SMILES string of the molecule is N#CC1(NC(=O)COC(=O)CSC(=S)N2CCCC2)CCCC1. The molecule has 1 saturated carbocycles. The predicted octanol–water partition coefficient (Wildman–Crippen LogP) is 1.60. The molecule has 8 heteroatoms. The number of hydrogen-bond acceptors (Lipinski definition) is 6. The molecule has 1 N–H and O–H groups in total. The summed E-state index contributed by atoms with van der Waals surface area (Å²) in [5.74, 6) is -0.788. The summed E-state index contributed by atoms with van der Waals surface area (Å²) < 4.78 is 5.66. The molecule has 0 bridgehead atoms. The van der Waals surface area contributed by atoms with Crippen LogP contribution in [0.5, 0.6) is 0 Å². The van der Waals surface area contributed by atoms with Crippen molar-refractivity contribution in [1.29, 1.82) is 5.26 Å². The first-order chi connectivity index (χ1) is 11.0. The maximum absolute atomic E-state index is 11.8. The van der Waals surface area contributed by atoms with Gasteiger partial charge < -0.3 is 15.0 Å². The van der Waals surface area contributed by atoms with Gasteiger partial charge in [-0.3, -0.25) is 9.59 Å². The number of nitriles is 1. The van der Waals surface area contributed by atoms with Crippen LogP contribution < -0.4 is 5.32 Å². The molecule has 0 aromatic heterocycles. The van der Waals surface area contributed by atoms with Crippen LogP contribution in [0.4, 0.5) is 0 Å². The second-order valence-electron chi connectivity index (χ2n) is 5.86. The zero-order valence-corrected chi connectivity index (χ0v) is 14.6. The highest BCUT2D eigenvalue weighted by Gasteiger charge is 2.35. The van der Waals surface area contributed by atoms with Gasteiger partial charge in [0.25, 0.3) is 5.91 Å². The number of likely N-dealkylation sites (tertiary alicyclic amines) is 1. The Morgan fingerprint density at radius 3 is 2.52 bits per heavy atom. The summed E-state index contributed by atoms with van der Waals surface area (Å²) in [6.07, 6.45) is 5.43. The van der Waals surface area contributed by atoms with Crippen LogP contribution in [0.1, 0.15) is 38.5 Å². The monoisotopic (exact) mass is 355 g/mol. The lowest BCUT2D eigenvalue weighted by Crippen LogP contribution is -2.46. The zero-order chi connectivity index (χ0) is 16.7. The van der Waals surface area contributed by atoms with Gasteiger partial charge in [0, 0.05) is 13.1 Å². The van der Waals surface area contributed by atoms with Crippen molar-refractivity contribution < 1.29 is 14.3 Å². The molecule has 0 atom stereocenters. The lowest BCUT2D eigenvalue weighted by Gasteiger charge is -2.21. The van der Waals surface area contributed by atoms with Gasteiger partial charge in [0.05, 0.1) is 11.8 Å². The number of thiocarbonyl (C=S) groups is 1. The average molecular weight is 355 g/mol. The average Bonchev–Trinajstić information content (AvgIpc) is 3.22. The molecule has 0 aromatic carbocycles. The quantitative estimate of drug-likeness (QED) is 0.592. The summed E-state index contributed by atoms with van der Waals surface area (Å²) in [5.41, 5.74) is -0.782. The molecule has 1 amide bonds. The van der Waals surface area contributed by atoms with E-state index in [4.69, 9.17) is 17.0 Å². The smallest absolute Gasteiger partial charge is 0.316 e. The Kier molecular flexibility index (Phi) is 6.66. The predicted molar refractivity (Wildman–Crippen MR) is 91.8 cm³/mol. The highest BCUT2D eigenvalue weighted by Crippen LogP contribution is 2.28. The Morgan fingerprint density at radius 2 is 1.91 bits per heavy atom. The number of nitrogens with one attached hydrogen (secondary N) is 1. The summed E-state index contributed by atoms with van der Waals surface area (Å²) in [6.45, 7) is 1.54. The fraction of sp³-hybridized carbons (Fsp3) is 0.733. The van der Waals surface area contributed by atoms with Gasteiger partial charge in [0.15, 0.2) is 6.61 Å². The van der Waals surface area contributed by atoms with Crippen LogP contribution in [-0.4, -0.2) is 52.1 Å². The molecule has 1 aliphatic heterocycles. The number of carbonyl (C=O) groups excluding carboxylic acids is 2. The van der Waals surface area contributed by atoms with Crippen molar-refractivity contribution in [3.05, 3.63) is 0 Å². The van der Waals surface area contributed by atoms with E-state index >= 15 is 0 Å². The van der Waals surface area contributed by atoms with E-state index in [0.717, 1.165) is 38.8 Å². The van der Waals surface area contributed by atoms with E-state index in [-0.39, 0.29) is 12.4 Å². The van der Waals surface area contributed by atoms with Gasteiger partial charge in [-0.15, -0.1) is 0 Å². The maximum Gasteiger partial charge on any atom is 0.316 e. The molecule has 1 saturated heterocycles. The summed E-state index contributed by atoms with van der Waals surface area (Å²) in [4.78, 5) is 25.6. The molecule has 0 spiro atoms. The van der Waals surface area contributed by atoms with Gasteiger partial charge in [-0.1, -0.05) is 24.0 Å². The van der Waals surface area contributed by atoms with Gasteiger partial charge in [0.2, 0.25) is 0 Å². The van der Waals surface area contributed by atoms with Crippen LogP contribution >= 0.6 is 24.0 Å². The topological polar surface area (TPSA) is 82.4 Å². The van der Waals surface area contributed by atoms with E-state index in [1.54, 1.807) is 0 Å². The first kappa shape index (κ1) is 18.0. The van der Waals surface area contributed by atoms with Crippen molar-refractivity contribution in [2.75, 3.05) is 25.4 Å². The lowest BCUT2D eigenvalue weighted by atomic mass is 10.00. The van der Waals surface area contributed by atoms with Crippen LogP contribution in [-0.2, 0) is 14.3 Å². The second kappa shape index (κ2) is 8.50. The molecule has 2 fully saturated rings. The largest absolute Gasteiger partial charge is 0.455 e. The third-order valence-electron chi connectivity index (χ3n) is 4.09. The van der Waals surface area contributed by atoms with E-state index in [0.29, 0.717) is 17.2 Å². The number of carbonyl (C=O) groups is 2. The van der Waals surface area contributed by atoms with E-state index in [9.17, 15) is 14.9 Å². The summed E-state index contributed by atoms with van der Waals surface area (Å²) in [6, 6.07) is 2.17. The van der Waals surface area contributed by atoms with Gasteiger partial charge in [-0.25, -0.2) is 0 Å². The molecular weight excluding hydrogens is 334 g/mol. The highest BCUT2D eigenvalue weighted by molar-refractivity contribution is 8.23. The van der Waals surface area contributed by atoms with Crippen molar-refractivity contribution in [1.82, 2.24) is 10.2 Å². The van der Waals surface area contributed by atoms with Crippen molar-refractivity contribution in [3.8, 4) is 6.07 Å². The first-order valence-corrected chi connectivity index (χ1v) is 9.24. The summed E-state index contributed by atoms with van der Waals surface area (Å²) >= 11 is 6.53. The van der Waals surface area contributed by atoms with Gasteiger partial charge >= 0.3 is 5.97 Å². The molecule has 23 heavy (non-hydrogen) atoms. The minimum Gasteiger partial charge on any atom is -0.455 e. The van der Waals surface area contributed by atoms with E-state index in [2.05, 4.69) is 16.3 Å². The van der Waals surface area contributed by atoms with Crippen LogP contribution in [0.15, 0.2) is 0 Å². The number of rotatable bonds is 5. The molecule has 2 rings (SSSR count). The van der Waals surface area contributed by atoms with Gasteiger partial charge in [-0.2, -0.15) is 5.26 Å². The van der Waals surface area contributed by atoms with Crippen LogP contribution in [0.3, 0.4) is 0 Å². The standard InChI is InChI=1S/C15H21N3O3S2/c16-11-15(5-1-2-6-15)17-12(19)9-21-13(20)10-23-14(22)18-7-3-4-8-18/h1-10H2,(H,17,19). The Bertz CT molecular complexity index is 507. The van der Waals surface area contributed by atoms with Crippen molar-refractivity contribution in [3.63, 3.8) is 0 Å². The first-order valence-electron chi connectivity index (χ1n) is 7.84. The van der Waals surface area contributed by atoms with E-state index in [1.165, 1.54) is 11.8 Å². The van der Waals surface area contributed by atoms with Gasteiger partial charge in [-0.05, 0) is 38.5 Å². The van der Waals surface area contributed by atoms with Crippen LogP contribution in [0, 0.1) is 11.3 Å². The molecule has 6 nitrogen and oxygen atoms in total. The number of esters is 1. The molecular formula is C15H21N3O3S2. The zero-order valence-electron chi connectivity index (χ0n) is 13.0. The molecule has 0 unspecified atom stereocenters. The lowest BCUT2D eigenvalue weighted by molar-refractivity contribution is -0.146. The number of ether oxygens (including phenoxy) is 1. The third kappa shape index (κ3) is 5.36. The van der Waals surface area contributed by atoms with E-state index < -0.39 is 17.4 Å². The van der Waals surface area contributed by atoms with E-state index in [1.807, 2.05) is 0 Å². The number of amides is 1.